The Balaban J connectivity index is 3.29. The molecule has 0 radical (unpaired) electrons. The maximum Gasteiger partial charge on any atom is 0.511 e. The van der Waals surface area contributed by atoms with Crippen molar-refractivity contribution in [2.45, 2.75) is 22.7 Å². The van der Waals surface area contributed by atoms with Gasteiger partial charge in [-0.1, -0.05) is 0 Å². The number of piperazine rings is 1. The largest absolute Gasteiger partial charge is 0.511 e. The van der Waals surface area contributed by atoms with E-state index in [0.29, 0.717) is 0 Å². The number of likely N-dealkylation sites (N-methyl/N-ethyl adjacent to an activating group) is 1. The maximum absolute atomic E-state index is 13.8. The molecule has 1 heterocycles. The third-order valence-corrected chi connectivity index (χ3v) is 6.54. The normalized spacial score (nSPS) is 20.1. The van der Waals surface area contributed by atoms with Crippen LogP contribution in [0.5, 0.6) is 0 Å². The van der Waals surface area contributed by atoms with Gasteiger partial charge in [0.25, 0.3) is 10.0 Å². The monoisotopic (exact) mass is 461 g/mol. The van der Waals surface area contributed by atoms with Crippen molar-refractivity contribution in [3.05, 3.63) is 0 Å². The van der Waals surface area contributed by atoms with Gasteiger partial charge in [0.2, 0.25) is 0 Å². The van der Waals surface area contributed by atoms with Gasteiger partial charge >= 0.3 is 32.8 Å². The first-order valence-corrected chi connectivity index (χ1v) is 9.55. The Bertz CT molecular complexity index is 758. The molecule has 162 valence electrons. The third-order valence-electron chi connectivity index (χ3n) is 3.45. The molecule has 7 nitrogen and oxygen atoms in total. The van der Waals surface area contributed by atoms with Gasteiger partial charge in [-0.05, 0) is 7.05 Å². The molecular formula is C9H12F9N3O4S2. The Hall–Kier alpha value is -0.850. The van der Waals surface area contributed by atoms with Crippen molar-refractivity contribution in [3.63, 3.8) is 0 Å². The van der Waals surface area contributed by atoms with Crippen LogP contribution in [-0.4, -0.2) is 82.0 Å². The van der Waals surface area contributed by atoms with E-state index in [9.17, 15) is 56.3 Å². The Morgan fingerprint density at radius 2 is 1.19 bits per heavy atom. The van der Waals surface area contributed by atoms with Gasteiger partial charge < -0.3 is 4.90 Å². The number of hydrogen-bond acceptors (Lipinski definition) is 5. The highest BCUT2D eigenvalue weighted by atomic mass is 32.2. The summed E-state index contributed by atoms with van der Waals surface area (Å²) >= 11 is 0. The first-order valence-electron chi connectivity index (χ1n) is 6.62. The van der Waals surface area contributed by atoms with E-state index in [-0.39, 0.29) is 17.4 Å². The minimum atomic E-state index is -7.20. The standard InChI is InChI=1S/C9H12F9N3O4S2/c1-20-2-4-21(5-3-20)27(24,25)8(14,15)6(10,11)7(12,13)19-26(22,23)9(16,17)18/h19H,2-5H2,1H3. The average molecular weight is 461 g/mol. The van der Waals surface area contributed by atoms with Crippen molar-refractivity contribution in [1.82, 2.24) is 13.9 Å². The fraction of sp³-hybridized carbons (Fsp3) is 1.00. The molecule has 0 bridgehead atoms. The highest BCUT2D eigenvalue weighted by molar-refractivity contribution is 7.90. The van der Waals surface area contributed by atoms with Crippen LogP contribution >= 0.6 is 0 Å². The second-order valence-electron chi connectivity index (χ2n) is 5.42. The minimum Gasteiger partial charge on any atom is -0.304 e. The molecule has 0 aromatic heterocycles. The van der Waals surface area contributed by atoms with E-state index in [2.05, 4.69) is 0 Å². The predicted molar refractivity (Wildman–Crippen MR) is 70.9 cm³/mol. The highest BCUT2D eigenvalue weighted by Gasteiger charge is 2.79. The van der Waals surface area contributed by atoms with Gasteiger partial charge in [-0.25, -0.2) is 16.8 Å². The van der Waals surface area contributed by atoms with E-state index in [1.807, 2.05) is 0 Å². The van der Waals surface area contributed by atoms with Crippen LogP contribution in [0.25, 0.3) is 0 Å². The van der Waals surface area contributed by atoms with Crippen LogP contribution in [0.1, 0.15) is 0 Å². The van der Waals surface area contributed by atoms with E-state index in [1.54, 1.807) is 0 Å². The van der Waals surface area contributed by atoms with E-state index >= 15 is 0 Å². The fourth-order valence-corrected chi connectivity index (χ4v) is 3.83. The second-order valence-corrected chi connectivity index (χ2v) is 9.08. The molecule has 0 saturated carbocycles. The van der Waals surface area contributed by atoms with Crippen LogP contribution in [0.2, 0.25) is 0 Å². The molecule has 18 heteroatoms. The van der Waals surface area contributed by atoms with Crippen LogP contribution < -0.4 is 4.72 Å². The molecule has 0 aromatic carbocycles. The van der Waals surface area contributed by atoms with E-state index < -0.39 is 60.6 Å². The highest BCUT2D eigenvalue weighted by Crippen LogP contribution is 2.49. The first-order chi connectivity index (χ1) is 11.7. The van der Waals surface area contributed by atoms with Gasteiger partial charge in [-0.3, -0.25) is 0 Å². The maximum atomic E-state index is 13.8. The molecular weight excluding hydrogens is 449 g/mol. The first kappa shape index (κ1) is 24.2. The van der Waals surface area contributed by atoms with Crippen molar-refractivity contribution in [2.24, 2.45) is 0 Å². The van der Waals surface area contributed by atoms with Gasteiger partial charge in [-0.2, -0.15) is 43.8 Å². The summed E-state index contributed by atoms with van der Waals surface area (Å²) < 4.78 is 161. The van der Waals surface area contributed by atoms with E-state index in [1.165, 1.54) is 11.9 Å². The number of nitrogens with zero attached hydrogens (tertiary/aromatic N) is 2. The number of sulfonamides is 2. The molecule has 1 N–H and O–H groups in total. The summed E-state index contributed by atoms with van der Waals surface area (Å²) in [5, 5.41) is -6.63. The number of alkyl halides is 9. The zero-order valence-corrected chi connectivity index (χ0v) is 14.7. The van der Waals surface area contributed by atoms with Gasteiger partial charge in [0, 0.05) is 26.2 Å². The fourth-order valence-electron chi connectivity index (χ4n) is 1.83. The molecule has 0 amide bonds. The van der Waals surface area contributed by atoms with Crippen LogP contribution in [0.15, 0.2) is 0 Å². The summed E-state index contributed by atoms with van der Waals surface area (Å²) in [6.45, 7) is -2.02. The summed E-state index contributed by atoms with van der Waals surface area (Å²) in [7, 11) is -12.3. The van der Waals surface area contributed by atoms with Gasteiger partial charge in [0.1, 0.15) is 0 Å². The summed E-state index contributed by atoms with van der Waals surface area (Å²) in [5.41, 5.74) is -6.54. The Morgan fingerprint density at radius 3 is 1.56 bits per heavy atom. The van der Waals surface area contributed by atoms with Crippen LogP contribution in [0, 0.1) is 0 Å². The number of halogens is 9. The summed E-state index contributed by atoms with van der Waals surface area (Å²) in [6, 6.07) is -6.79. The quantitative estimate of drug-likeness (QED) is 0.468. The number of hydrogen-bond donors (Lipinski definition) is 1. The smallest absolute Gasteiger partial charge is 0.304 e. The SMILES string of the molecule is CN1CCN(S(=O)(=O)C(F)(F)C(F)(F)C(F)(F)NS(=O)(=O)C(F)(F)F)CC1. The van der Waals surface area contributed by atoms with Crippen molar-refractivity contribution in [3.8, 4) is 0 Å². The lowest BCUT2D eigenvalue weighted by molar-refractivity contribution is -0.285. The number of nitrogens with one attached hydrogen (secondary N) is 1. The summed E-state index contributed by atoms with van der Waals surface area (Å²) in [4.78, 5) is 1.40. The van der Waals surface area contributed by atoms with E-state index in [0.717, 1.165) is 0 Å². The van der Waals surface area contributed by atoms with Crippen molar-refractivity contribution >= 4 is 20.0 Å². The van der Waals surface area contributed by atoms with Crippen LogP contribution in [0.3, 0.4) is 0 Å². The van der Waals surface area contributed by atoms with Gasteiger partial charge in [0.05, 0.1) is 0 Å². The Kier molecular flexibility index (Phi) is 6.17. The van der Waals surface area contributed by atoms with Crippen LogP contribution in [-0.2, 0) is 20.0 Å². The Morgan fingerprint density at radius 1 is 0.778 bits per heavy atom. The van der Waals surface area contributed by atoms with Gasteiger partial charge in [-0.15, -0.1) is 4.72 Å². The van der Waals surface area contributed by atoms with Crippen LogP contribution in [0.4, 0.5) is 39.5 Å². The predicted octanol–water partition coefficient (Wildman–Crippen LogP) is 0.824. The molecule has 0 unspecified atom stereocenters. The molecule has 0 aromatic rings. The summed E-state index contributed by atoms with van der Waals surface area (Å²) in [6.07, 6.45) is 0. The molecule has 0 atom stereocenters. The second kappa shape index (κ2) is 6.89. The lowest BCUT2D eigenvalue weighted by Gasteiger charge is -2.37. The topological polar surface area (TPSA) is 86.8 Å². The zero-order chi connectivity index (χ0) is 21.7. The molecule has 1 saturated heterocycles. The lowest BCUT2D eigenvalue weighted by Crippen LogP contribution is -2.67. The molecule has 1 rings (SSSR count). The van der Waals surface area contributed by atoms with Crippen molar-refractivity contribution < 1.29 is 56.3 Å². The molecule has 1 aliphatic rings. The van der Waals surface area contributed by atoms with Crippen molar-refractivity contribution in [1.29, 1.82) is 0 Å². The minimum absolute atomic E-state index is 0.224. The van der Waals surface area contributed by atoms with Gasteiger partial charge in [0.15, 0.2) is 0 Å². The Labute approximate surface area is 147 Å². The third kappa shape index (κ3) is 4.13. The molecule has 1 aliphatic heterocycles. The molecule has 27 heavy (non-hydrogen) atoms. The lowest BCUT2D eigenvalue weighted by atomic mass is 10.3. The summed E-state index contributed by atoms with van der Waals surface area (Å²) in [5.74, 6) is -7.06. The molecule has 1 fully saturated rings. The average Bonchev–Trinajstić information content (AvgIpc) is 2.44. The van der Waals surface area contributed by atoms with Crippen molar-refractivity contribution in [2.75, 3.05) is 33.2 Å². The van der Waals surface area contributed by atoms with E-state index in [4.69, 9.17) is 0 Å². The molecule has 0 aliphatic carbocycles. The molecule has 0 spiro atoms. The number of rotatable bonds is 6. The zero-order valence-electron chi connectivity index (χ0n) is 13.1.